The minimum absolute atomic E-state index is 0.0582. The summed E-state index contributed by atoms with van der Waals surface area (Å²) in [6.07, 6.45) is 3.73. The van der Waals surface area contributed by atoms with Crippen LogP contribution in [0.5, 0.6) is 0 Å². The number of likely N-dealkylation sites (N-methyl/N-ethyl adjacent to an activating group) is 1. The number of nitrogens with two attached hydrogens (primary N) is 1. The van der Waals surface area contributed by atoms with Crippen LogP contribution in [0, 0.1) is 23.0 Å². The summed E-state index contributed by atoms with van der Waals surface area (Å²) in [4.78, 5) is 16.5. The Balaban J connectivity index is 2.22. The zero-order valence-electron chi connectivity index (χ0n) is 10.7. The highest BCUT2D eigenvalue weighted by atomic mass is 16.6. The first-order valence-corrected chi connectivity index (χ1v) is 6.08. The minimum atomic E-state index is -0.409. The number of aromatic nitrogens is 1. The van der Waals surface area contributed by atoms with Crippen LogP contribution < -0.4 is 10.6 Å². The molecule has 0 spiro atoms. The first kappa shape index (κ1) is 12.8. The third kappa shape index (κ3) is 2.43. The third-order valence-corrected chi connectivity index (χ3v) is 3.53. The van der Waals surface area contributed by atoms with Crippen LogP contribution in [0.25, 0.3) is 0 Å². The number of rotatable bonds is 5. The van der Waals surface area contributed by atoms with E-state index in [0.29, 0.717) is 18.0 Å². The summed E-state index contributed by atoms with van der Waals surface area (Å²) in [6, 6.07) is 2.03. The molecule has 2 N–H and O–H groups in total. The van der Waals surface area contributed by atoms with Gasteiger partial charge >= 0.3 is 0 Å². The molecule has 0 radical (unpaired) electrons. The average molecular weight is 250 g/mol. The topological polar surface area (TPSA) is 85.3 Å². The Kier molecular flexibility index (Phi) is 3.47. The number of aryl methyl sites for hydroxylation is 1. The molecular weight excluding hydrogens is 232 g/mol. The summed E-state index contributed by atoms with van der Waals surface area (Å²) in [5, 5.41) is 10.7. The Hall–Kier alpha value is -1.69. The quantitative estimate of drug-likeness (QED) is 0.631. The van der Waals surface area contributed by atoms with E-state index in [2.05, 4.69) is 4.98 Å². The molecule has 1 aliphatic carbocycles. The number of nitrogens with zero attached hydrogens (tertiary/aromatic N) is 3. The smallest absolute Gasteiger partial charge is 0.290 e. The summed E-state index contributed by atoms with van der Waals surface area (Å²) >= 11 is 0. The van der Waals surface area contributed by atoms with Crippen molar-refractivity contribution in [3.63, 3.8) is 0 Å². The Morgan fingerprint density at radius 2 is 2.33 bits per heavy atom. The van der Waals surface area contributed by atoms with Crippen molar-refractivity contribution < 1.29 is 4.92 Å². The normalized spacial score (nSPS) is 16.4. The summed E-state index contributed by atoms with van der Waals surface area (Å²) < 4.78 is 0. The zero-order valence-corrected chi connectivity index (χ0v) is 10.7. The molecule has 1 fully saturated rings. The predicted molar refractivity (Wildman–Crippen MR) is 69.6 cm³/mol. The monoisotopic (exact) mass is 250 g/mol. The highest BCUT2D eigenvalue weighted by Crippen LogP contribution is 2.36. The maximum absolute atomic E-state index is 10.7. The van der Waals surface area contributed by atoms with Crippen LogP contribution in [0.1, 0.15) is 18.4 Å². The molecule has 0 bridgehead atoms. The number of anilines is 1. The van der Waals surface area contributed by atoms with E-state index in [1.807, 2.05) is 11.9 Å². The third-order valence-electron chi connectivity index (χ3n) is 3.53. The summed E-state index contributed by atoms with van der Waals surface area (Å²) in [5.41, 5.74) is 6.48. The highest BCUT2D eigenvalue weighted by Gasteiger charge is 2.33. The van der Waals surface area contributed by atoms with Gasteiger partial charge in [-0.15, -0.1) is 0 Å². The van der Waals surface area contributed by atoms with E-state index in [1.165, 1.54) is 19.0 Å². The lowest BCUT2D eigenvalue weighted by atomic mass is 10.1. The molecule has 98 valence electrons. The second-order valence-electron chi connectivity index (χ2n) is 4.84. The van der Waals surface area contributed by atoms with E-state index in [9.17, 15) is 10.1 Å². The highest BCUT2D eigenvalue weighted by molar-refractivity contribution is 5.49. The molecule has 2 rings (SSSR count). The molecule has 0 aliphatic heterocycles. The Morgan fingerprint density at radius 3 is 2.78 bits per heavy atom. The molecule has 6 nitrogen and oxygen atoms in total. The molecule has 1 atom stereocenters. The van der Waals surface area contributed by atoms with Crippen molar-refractivity contribution >= 4 is 11.5 Å². The van der Waals surface area contributed by atoms with Crippen LogP contribution in [0.2, 0.25) is 0 Å². The minimum Gasteiger partial charge on any atom is -0.355 e. The Labute approximate surface area is 106 Å². The van der Waals surface area contributed by atoms with Gasteiger partial charge in [0.2, 0.25) is 0 Å². The molecule has 18 heavy (non-hydrogen) atoms. The maximum atomic E-state index is 10.7. The largest absolute Gasteiger partial charge is 0.355 e. The zero-order chi connectivity index (χ0) is 13.3. The van der Waals surface area contributed by atoms with Gasteiger partial charge in [0.15, 0.2) is 0 Å². The number of pyridine rings is 1. The van der Waals surface area contributed by atoms with Gasteiger partial charge in [-0.3, -0.25) is 10.1 Å². The molecule has 1 aromatic rings. The number of hydrogen-bond acceptors (Lipinski definition) is 5. The maximum Gasteiger partial charge on any atom is 0.290 e. The van der Waals surface area contributed by atoms with Crippen LogP contribution in [0.15, 0.2) is 12.3 Å². The van der Waals surface area contributed by atoms with Crippen LogP contribution >= 0.6 is 0 Å². The van der Waals surface area contributed by atoms with Gasteiger partial charge in [0.1, 0.15) is 12.0 Å². The molecule has 1 aliphatic rings. The van der Waals surface area contributed by atoms with Gasteiger partial charge in [0.05, 0.1) is 4.92 Å². The van der Waals surface area contributed by atoms with E-state index in [-0.39, 0.29) is 11.7 Å². The van der Waals surface area contributed by atoms with Crippen LogP contribution in [-0.2, 0) is 0 Å². The molecule has 1 aromatic heterocycles. The first-order chi connectivity index (χ1) is 8.54. The van der Waals surface area contributed by atoms with E-state index in [4.69, 9.17) is 5.73 Å². The standard InChI is InChI=1S/C12H18N4O2/c1-8-5-12(14-7-11(8)16(17)18)15(2)10(6-13)9-3-4-9/h5,7,9-10H,3-4,6,13H2,1-2H3. The van der Waals surface area contributed by atoms with Crippen molar-refractivity contribution in [2.45, 2.75) is 25.8 Å². The fourth-order valence-electron chi connectivity index (χ4n) is 2.24. The summed E-state index contributed by atoms with van der Waals surface area (Å²) in [5.74, 6) is 1.39. The number of hydrogen-bond donors (Lipinski definition) is 1. The molecule has 6 heteroatoms. The second kappa shape index (κ2) is 4.89. The van der Waals surface area contributed by atoms with Gasteiger partial charge in [-0.1, -0.05) is 0 Å². The van der Waals surface area contributed by atoms with Gasteiger partial charge in [-0.25, -0.2) is 4.98 Å². The van der Waals surface area contributed by atoms with Crippen molar-refractivity contribution in [1.82, 2.24) is 4.98 Å². The summed E-state index contributed by atoms with van der Waals surface area (Å²) in [7, 11) is 1.95. The Bertz CT molecular complexity index is 459. The Morgan fingerprint density at radius 1 is 1.67 bits per heavy atom. The van der Waals surface area contributed by atoms with E-state index in [1.54, 1.807) is 13.0 Å². The van der Waals surface area contributed by atoms with Crippen molar-refractivity contribution in [3.8, 4) is 0 Å². The van der Waals surface area contributed by atoms with Crippen LogP contribution in [0.3, 0.4) is 0 Å². The average Bonchev–Trinajstić information content (AvgIpc) is 3.13. The first-order valence-electron chi connectivity index (χ1n) is 6.08. The van der Waals surface area contributed by atoms with Crippen molar-refractivity contribution in [3.05, 3.63) is 27.9 Å². The molecule has 0 amide bonds. The van der Waals surface area contributed by atoms with Crippen LogP contribution in [-0.4, -0.2) is 29.5 Å². The molecule has 0 aromatic carbocycles. The SMILES string of the molecule is Cc1cc(N(C)C(CN)C2CC2)ncc1[N+](=O)[O-]. The molecule has 0 saturated heterocycles. The lowest BCUT2D eigenvalue weighted by Gasteiger charge is -2.28. The van der Waals surface area contributed by atoms with Crippen LogP contribution in [0.4, 0.5) is 11.5 Å². The van der Waals surface area contributed by atoms with Gasteiger partial charge in [-0.2, -0.15) is 0 Å². The fraction of sp³-hybridized carbons (Fsp3) is 0.583. The van der Waals surface area contributed by atoms with Crippen molar-refractivity contribution in [2.24, 2.45) is 11.7 Å². The van der Waals surface area contributed by atoms with E-state index < -0.39 is 4.92 Å². The van der Waals surface area contributed by atoms with Gasteiger partial charge in [-0.05, 0) is 31.7 Å². The predicted octanol–water partition coefficient (Wildman–Crippen LogP) is 1.47. The van der Waals surface area contributed by atoms with Crippen molar-refractivity contribution in [2.75, 3.05) is 18.5 Å². The number of nitro groups is 1. The lowest BCUT2D eigenvalue weighted by Crippen LogP contribution is -2.40. The second-order valence-corrected chi connectivity index (χ2v) is 4.84. The van der Waals surface area contributed by atoms with Gasteiger partial charge in [0.25, 0.3) is 5.69 Å². The lowest BCUT2D eigenvalue weighted by molar-refractivity contribution is -0.385. The summed E-state index contributed by atoms with van der Waals surface area (Å²) in [6.45, 7) is 2.31. The molecule has 1 heterocycles. The fourth-order valence-corrected chi connectivity index (χ4v) is 2.24. The van der Waals surface area contributed by atoms with E-state index in [0.717, 1.165) is 5.82 Å². The van der Waals surface area contributed by atoms with E-state index >= 15 is 0 Å². The molecular formula is C12H18N4O2. The molecule has 1 saturated carbocycles. The molecule has 1 unspecified atom stereocenters. The van der Waals surface area contributed by atoms with Gasteiger partial charge in [0, 0.05) is 25.2 Å². The van der Waals surface area contributed by atoms with Gasteiger partial charge < -0.3 is 10.6 Å². The van der Waals surface area contributed by atoms with Crippen molar-refractivity contribution in [1.29, 1.82) is 0 Å².